The number of nitrogens with one attached hydrogen (secondary N) is 2. The van der Waals surface area contributed by atoms with E-state index >= 15 is 0 Å². The van der Waals surface area contributed by atoms with Gasteiger partial charge in [0.05, 0.1) is 18.0 Å². The summed E-state index contributed by atoms with van der Waals surface area (Å²) in [5.41, 5.74) is 1.32. The van der Waals surface area contributed by atoms with Crippen molar-refractivity contribution in [3.8, 4) is 11.3 Å². The summed E-state index contributed by atoms with van der Waals surface area (Å²) < 4.78 is 27.2. The molecule has 0 aliphatic heterocycles. The van der Waals surface area contributed by atoms with Crippen molar-refractivity contribution in [1.29, 1.82) is 0 Å². The van der Waals surface area contributed by atoms with Crippen molar-refractivity contribution in [2.24, 2.45) is 0 Å². The van der Waals surface area contributed by atoms with Crippen LogP contribution in [-0.4, -0.2) is 33.2 Å². The predicted molar refractivity (Wildman–Crippen MR) is 90.5 cm³/mol. The van der Waals surface area contributed by atoms with Crippen LogP contribution in [0.25, 0.3) is 11.3 Å². The Morgan fingerprint density at radius 3 is 2.56 bits per heavy atom. The van der Waals surface area contributed by atoms with Gasteiger partial charge in [0.25, 0.3) is 0 Å². The zero-order chi connectivity index (χ0) is 17.6. The maximum absolute atomic E-state index is 13.9. The van der Waals surface area contributed by atoms with Crippen molar-refractivity contribution >= 4 is 17.5 Å². The molecule has 0 spiro atoms. The van der Waals surface area contributed by atoms with E-state index in [1.807, 2.05) is 0 Å². The van der Waals surface area contributed by atoms with Gasteiger partial charge in [0.1, 0.15) is 17.5 Å². The number of rotatable bonds is 6. The Balaban J connectivity index is 1.98. The summed E-state index contributed by atoms with van der Waals surface area (Å²) in [6.07, 6.45) is 3.25. The molecular weight excluding hydrogens is 328 g/mol. The number of halogens is 2. The van der Waals surface area contributed by atoms with Crippen molar-refractivity contribution in [3.05, 3.63) is 60.4 Å². The van der Waals surface area contributed by atoms with Crippen LogP contribution in [0, 0.1) is 11.6 Å². The normalized spacial score (nSPS) is 10.5. The summed E-state index contributed by atoms with van der Waals surface area (Å²) >= 11 is 0. The van der Waals surface area contributed by atoms with E-state index in [1.54, 1.807) is 30.6 Å². The highest BCUT2D eigenvalue weighted by atomic mass is 19.1. The Bertz CT molecular complexity index is 861. The summed E-state index contributed by atoms with van der Waals surface area (Å²) in [7, 11) is 0. The molecule has 25 heavy (non-hydrogen) atoms. The van der Waals surface area contributed by atoms with Crippen LogP contribution in [0.3, 0.4) is 0 Å². The van der Waals surface area contributed by atoms with Gasteiger partial charge in [-0.05, 0) is 24.3 Å². The molecule has 6 nitrogen and oxygen atoms in total. The molecule has 0 aliphatic carbocycles. The van der Waals surface area contributed by atoms with E-state index in [0.717, 1.165) is 23.8 Å². The molecule has 3 aromatic rings. The minimum Gasteiger partial charge on any atom is -0.395 e. The highest BCUT2D eigenvalue weighted by Crippen LogP contribution is 2.25. The van der Waals surface area contributed by atoms with Crippen LogP contribution in [0.1, 0.15) is 0 Å². The molecule has 0 radical (unpaired) electrons. The molecule has 0 saturated carbocycles. The minimum atomic E-state index is -0.602. The number of pyridine rings is 1. The van der Waals surface area contributed by atoms with E-state index in [0.29, 0.717) is 5.69 Å². The quantitative estimate of drug-likeness (QED) is 0.638. The lowest BCUT2D eigenvalue weighted by Gasteiger charge is -2.11. The fourth-order valence-electron chi connectivity index (χ4n) is 2.16. The van der Waals surface area contributed by atoms with E-state index < -0.39 is 11.6 Å². The first-order valence-electron chi connectivity index (χ1n) is 7.52. The van der Waals surface area contributed by atoms with Gasteiger partial charge in [-0.1, -0.05) is 0 Å². The van der Waals surface area contributed by atoms with Gasteiger partial charge in [0.2, 0.25) is 5.95 Å². The Labute approximate surface area is 142 Å². The van der Waals surface area contributed by atoms with Crippen LogP contribution < -0.4 is 10.6 Å². The second kappa shape index (κ2) is 7.63. The van der Waals surface area contributed by atoms with E-state index in [1.165, 1.54) is 0 Å². The molecule has 2 aromatic heterocycles. The standard InChI is InChI=1S/C17H15F2N5O/c18-12-1-2-13(19)15(9-12)22-16-10-14(11-3-5-20-6-4-11)23-17(24-16)21-7-8-25/h1-6,9-10,25H,7-8H2,(H2,21,22,23,24). The molecule has 0 saturated heterocycles. The molecule has 128 valence electrons. The Morgan fingerprint density at radius 2 is 1.80 bits per heavy atom. The number of aliphatic hydroxyl groups excluding tert-OH is 1. The fourth-order valence-corrected chi connectivity index (χ4v) is 2.16. The summed E-state index contributed by atoms with van der Waals surface area (Å²) in [6.45, 7) is 0.164. The first kappa shape index (κ1) is 16.7. The molecule has 0 fully saturated rings. The first-order valence-corrected chi connectivity index (χ1v) is 7.52. The third-order valence-electron chi connectivity index (χ3n) is 3.29. The number of aromatic nitrogens is 3. The Morgan fingerprint density at radius 1 is 1.00 bits per heavy atom. The second-order valence-corrected chi connectivity index (χ2v) is 5.10. The van der Waals surface area contributed by atoms with Crippen molar-refractivity contribution in [2.45, 2.75) is 0 Å². The van der Waals surface area contributed by atoms with Crippen LogP contribution in [-0.2, 0) is 0 Å². The molecule has 0 aliphatic rings. The summed E-state index contributed by atoms with van der Waals surface area (Å²) in [5.74, 6) is -0.629. The van der Waals surface area contributed by atoms with Crippen LogP contribution in [0.4, 0.5) is 26.2 Å². The first-order chi connectivity index (χ1) is 12.2. The number of hydrogen-bond acceptors (Lipinski definition) is 6. The lowest BCUT2D eigenvalue weighted by molar-refractivity contribution is 0.311. The van der Waals surface area contributed by atoms with Crippen LogP contribution in [0.2, 0.25) is 0 Å². The Kier molecular flexibility index (Phi) is 5.10. The van der Waals surface area contributed by atoms with Gasteiger partial charge in [0, 0.05) is 36.6 Å². The van der Waals surface area contributed by atoms with Gasteiger partial charge in [0.15, 0.2) is 0 Å². The van der Waals surface area contributed by atoms with Crippen LogP contribution in [0.5, 0.6) is 0 Å². The largest absolute Gasteiger partial charge is 0.395 e. The number of nitrogens with zero attached hydrogens (tertiary/aromatic N) is 3. The van der Waals surface area contributed by atoms with E-state index in [4.69, 9.17) is 5.11 Å². The topological polar surface area (TPSA) is 83.0 Å². The summed E-state index contributed by atoms with van der Waals surface area (Å²) in [6, 6.07) is 8.27. The molecule has 1 aromatic carbocycles. The molecule has 8 heteroatoms. The third kappa shape index (κ3) is 4.24. The molecule has 0 bridgehead atoms. The van der Waals surface area contributed by atoms with Gasteiger partial charge >= 0.3 is 0 Å². The van der Waals surface area contributed by atoms with E-state index in [-0.39, 0.29) is 30.6 Å². The van der Waals surface area contributed by atoms with Crippen molar-refractivity contribution in [1.82, 2.24) is 15.0 Å². The van der Waals surface area contributed by atoms with Gasteiger partial charge in [-0.3, -0.25) is 4.98 Å². The van der Waals surface area contributed by atoms with Crippen LogP contribution in [0.15, 0.2) is 48.8 Å². The SMILES string of the molecule is OCCNc1nc(Nc2cc(F)ccc2F)cc(-c2ccncc2)n1. The number of hydrogen-bond donors (Lipinski definition) is 3. The molecule has 3 rings (SSSR count). The highest BCUT2D eigenvalue weighted by Gasteiger charge is 2.10. The highest BCUT2D eigenvalue weighted by molar-refractivity contribution is 5.67. The lowest BCUT2D eigenvalue weighted by Crippen LogP contribution is -2.10. The number of benzene rings is 1. The molecule has 2 heterocycles. The van der Waals surface area contributed by atoms with E-state index in [2.05, 4.69) is 25.6 Å². The summed E-state index contributed by atoms with van der Waals surface area (Å²) in [4.78, 5) is 12.5. The molecule has 3 N–H and O–H groups in total. The van der Waals surface area contributed by atoms with Gasteiger partial charge < -0.3 is 15.7 Å². The van der Waals surface area contributed by atoms with E-state index in [9.17, 15) is 8.78 Å². The molecule has 0 atom stereocenters. The smallest absolute Gasteiger partial charge is 0.225 e. The maximum Gasteiger partial charge on any atom is 0.225 e. The predicted octanol–water partition coefficient (Wildman–Crippen LogP) is 2.96. The summed E-state index contributed by atoms with van der Waals surface area (Å²) in [5, 5.41) is 14.6. The van der Waals surface area contributed by atoms with Crippen molar-refractivity contribution < 1.29 is 13.9 Å². The average molecular weight is 343 g/mol. The maximum atomic E-state index is 13.9. The molecular formula is C17H15F2N5O. The monoisotopic (exact) mass is 343 g/mol. The Hall–Kier alpha value is -3.13. The number of anilines is 3. The zero-order valence-electron chi connectivity index (χ0n) is 13.1. The zero-order valence-corrected chi connectivity index (χ0v) is 13.1. The molecule has 0 amide bonds. The van der Waals surface area contributed by atoms with Gasteiger partial charge in [-0.2, -0.15) is 4.98 Å². The molecule has 0 unspecified atom stereocenters. The van der Waals surface area contributed by atoms with Crippen molar-refractivity contribution in [2.75, 3.05) is 23.8 Å². The van der Waals surface area contributed by atoms with Crippen molar-refractivity contribution in [3.63, 3.8) is 0 Å². The van der Waals surface area contributed by atoms with Crippen LogP contribution >= 0.6 is 0 Å². The third-order valence-corrected chi connectivity index (χ3v) is 3.29. The van der Waals surface area contributed by atoms with Gasteiger partial charge in [-0.15, -0.1) is 0 Å². The van der Waals surface area contributed by atoms with Gasteiger partial charge in [-0.25, -0.2) is 13.8 Å². The average Bonchev–Trinajstić information content (AvgIpc) is 2.63. The fraction of sp³-hybridized carbons (Fsp3) is 0.118. The lowest BCUT2D eigenvalue weighted by atomic mass is 10.2. The second-order valence-electron chi connectivity index (χ2n) is 5.10. The number of aliphatic hydroxyl groups is 1. The minimum absolute atomic E-state index is 0.0347.